The minimum absolute atomic E-state index is 0.133. The van der Waals surface area contributed by atoms with Crippen LogP contribution < -0.4 is 21.3 Å². The summed E-state index contributed by atoms with van der Waals surface area (Å²) in [7, 11) is 0. The summed E-state index contributed by atoms with van der Waals surface area (Å²) in [5.41, 5.74) is 7.22. The van der Waals surface area contributed by atoms with E-state index in [0.29, 0.717) is 57.1 Å². The Hall–Kier alpha value is -5.48. The zero-order valence-electron chi connectivity index (χ0n) is 26.8. The van der Waals surface area contributed by atoms with Gasteiger partial charge >= 0.3 is 0 Å². The Kier molecular flexibility index (Phi) is 9.03. The van der Waals surface area contributed by atoms with Crippen molar-refractivity contribution in [2.24, 2.45) is 0 Å². The number of nitrogens with zero attached hydrogens (tertiary/aromatic N) is 1. The Balaban J connectivity index is 1.15. The molecule has 6 rings (SSSR count). The van der Waals surface area contributed by atoms with Crippen LogP contribution in [0.15, 0.2) is 66.7 Å². The average Bonchev–Trinajstić information content (AvgIpc) is 3.76. The molecule has 1 saturated heterocycles. The lowest BCUT2D eigenvalue weighted by Crippen LogP contribution is -2.33. The first-order valence-electron chi connectivity index (χ1n) is 15.8. The van der Waals surface area contributed by atoms with Crippen LogP contribution in [0.4, 0.5) is 17.1 Å². The molecule has 0 bridgehead atoms. The highest BCUT2D eigenvalue weighted by molar-refractivity contribution is 6.35. The molecule has 4 aromatic rings. The van der Waals surface area contributed by atoms with Gasteiger partial charge in [-0.15, -0.1) is 0 Å². The Morgan fingerprint density at radius 1 is 0.851 bits per heavy atom. The fraction of sp³-hybridized carbons (Fsp3) is 0.243. The van der Waals surface area contributed by atoms with Gasteiger partial charge in [0, 0.05) is 58.2 Å². The predicted molar refractivity (Wildman–Crippen MR) is 185 cm³/mol. The minimum atomic E-state index is -0.356. The fourth-order valence-electron chi connectivity index (χ4n) is 6.13. The number of aryl methyl sites for hydroxylation is 2. The van der Waals surface area contributed by atoms with Crippen molar-refractivity contribution in [2.75, 3.05) is 42.1 Å². The van der Waals surface area contributed by atoms with E-state index >= 15 is 0 Å². The Morgan fingerprint density at radius 3 is 2.36 bits per heavy atom. The smallest absolute Gasteiger partial charge is 0.256 e. The highest BCUT2D eigenvalue weighted by Crippen LogP contribution is 2.35. The molecule has 0 aliphatic carbocycles. The van der Waals surface area contributed by atoms with E-state index in [1.165, 1.54) is 12.8 Å². The molecule has 0 unspecified atom stereocenters. The molecule has 5 N–H and O–H groups in total. The van der Waals surface area contributed by atoms with Gasteiger partial charge in [0.1, 0.15) is 0 Å². The van der Waals surface area contributed by atoms with Crippen LogP contribution in [0.2, 0.25) is 0 Å². The number of hydrogen-bond donors (Lipinski definition) is 5. The highest BCUT2D eigenvalue weighted by atomic mass is 16.2. The summed E-state index contributed by atoms with van der Waals surface area (Å²) in [5.74, 6) is -1.03. The van der Waals surface area contributed by atoms with E-state index in [1.54, 1.807) is 60.7 Å². The van der Waals surface area contributed by atoms with Gasteiger partial charge in [0.05, 0.1) is 11.1 Å². The van der Waals surface area contributed by atoms with Crippen molar-refractivity contribution in [3.8, 4) is 0 Å². The number of aromatic amines is 1. The summed E-state index contributed by atoms with van der Waals surface area (Å²) < 4.78 is 0. The molecule has 47 heavy (non-hydrogen) atoms. The van der Waals surface area contributed by atoms with Crippen molar-refractivity contribution in [1.29, 1.82) is 0 Å². The van der Waals surface area contributed by atoms with Crippen LogP contribution in [0, 0.1) is 20.8 Å². The molecule has 1 fully saturated rings. The van der Waals surface area contributed by atoms with Crippen molar-refractivity contribution in [2.45, 2.75) is 33.6 Å². The van der Waals surface area contributed by atoms with Gasteiger partial charge in [-0.1, -0.05) is 30.3 Å². The van der Waals surface area contributed by atoms with E-state index in [9.17, 15) is 19.2 Å². The first-order valence-corrected chi connectivity index (χ1v) is 15.8. The van der Waals surface area contributed by atoms with Crippen LogP contribution in [-0.4, -0.2) is 59.7 Å². The molecule has 0 saturated carbocycles. The molecule has 0 atom stereocenters. The standard InChI is InChI=1S/C37H38N6O4/c1-22-11-13-27(40-34(44)25-9-5-4-6-10-25)20-30(22)41-35(45)26-12-14-28-29(36(46)42-32(28)19-26)21-31-23(2)33(24(3)39-31)37(47)38-15-18-43-16-7-8-17-43/h4-6,9-14,19-21,39H,7-8,15-18H2,1-3H3,(H,38,47)(H,40,44)(H,41,45)(H,42,46)/b29-21-. The van der Waals surface area contributed by atoms with E-state index in [-0.39, 0.29) is 23.6 Å². The van der Waals surface area contributed by atoms with Gasteiger partial charge in [-0.2, -0.15) is 0 Å². The predicted octanol–water partition coefficient (Wildman–Crippen LogP) is 5.76. The van der Waals surface area contributed by atoms with Crippen LogP contribution in [0.25, 0.3) is 11.6 Å². The van der Waals surface area contributed by atoms with Crippen molar-refractivity contribution >= 4 is 52.3 Å². The molecule has 10 nitrogen and oxygen atoms in total. The number of H-pyrrole nitrogens is 1. The maximum atomic E-state index is 13.3. The fourth-order valence-corrected chi connectivity index (χ4v) is 6.13. The Labute approximate surface area is 273 Å². The highest BCUT2D eigenvalue weighted by Gasteiger charge is 2.27. The molecular weight excluding hydrogens is 592 g/mol. The van der Waals surface area contributed by atoms with Crippen LogP contribution in [0.1, 0.15) is 72.0 Å². The molecule has 240 valence electrons. The van der Waals surface area contributed by atoms with Gasteiger partial charge in [0.2, 0.25) is 0 Å². The number of aromatic nitrogens is 1. The van der Waals surface area contributed by atoms with E-state index in [1.807, 2.05) is 32.9 Å². The number of anilines is 3. The second-order valence-corrected chi connectivity index (χ2v) is 12.0. The Bertz CT molecular complexity index is 1900. The number of nitrogens with one attached hydrogen (secondary N) is 5. The van der Waals surface area contributed by atoms with E-state index in [4.69, 9.17) is 0 Å². The number of carbonyl (C=O) groups is 4. The molecule has 1 aromatic heterocycles. The van der Waals surface area contributed by atoms with E-state index in [0.717, 1.165) is 36.5 Å². The first kappa shape index (κ1) is 31.5. The molecule has 3 aromatic carbocycles. The lowest BCUT2D eigenvalue weighted by atomic mass is 10.0. The lowest BCUT2D eigenvalue weighted by Gasteiger charge is -2.14. The third-order valence-corrected chi connectivity index (χ3v) is 8.75. The summed E-state index contributed by atoms with van der Waals surface area (Å²) in [5, 5.41) is 11.7. The summed E-state index contributed by atoms with van der Waals surface area (Å²) in [4.78, 5) is 57.7. The normalized spacial score (nSPS) is 15.0. The van der Waals surface area contributed by atoms with Gasteiger partial charge in [-0.3, -0.25) is 19.2 Å². The largest absolute Gasteiger partial charge is 0.358 e. The van der Waals surface area contributed by atoms with Gasteiger partial charge in [0.15, 0.2) is 0 Å². The van der Waals surface area contributed by atoms with Crippen LogP contribution in [-0.2, 0) is 4.79 Å². The molecule has 2 aliphatic rings. The molecular formula is C37H38N6O4. The van der Waals surface area contributed by atoms with Crippen molar-refractivity contribution in [1.82, 2.24) is 15.2 Å². The molecule has 2 aliphatic heterocycles. The number of carbonyl (C=O) groups excluding carboxylic acids is 4. The third kappa shape index (κ3) is 6.87. The van der Waals surface area contributed by atoms with E-state index in [2.05, 4.69) is 31.2 Å². The quantitative estimate of drug-likeness (QED) is 0.150. The van der Waals surface area contributed by atoms with Gasteiger partial charge in [-0.25, -0.2) is 0 Å². The first-order chi connectivity index (χ1) is 22.7. The van der Waals surface area contributed by atoms with Gasteiger partial charge in [0.25, 0.3) is 23.6 Å². The lowest BCUT2D eigenvalue weighted by molar-refractivity contribution is -0.110. The molecule has 0 radical (unpaired) electrons. The average molecular weight is 631 g/mol. The molecule has 0 spiro atoms. The van der Waals surface area contributed by atoms with Crippen molar-refractivity contribution in [3.05, 3.63) is 111 Å². The maximum Gasteiger partial charge on any atom is 0.256 e. The topological polar surface area (TPSA) is 135 Å². The number of amides is 4. The summed E-state index contributed by atoms with van der Waals surface area (Å²) >= 11 is 0. The minimum Gasteiger partial charge on any atom is -0.358 e. The number of benzene rings is 3. The van der Waals surface area contributed by atoms with Crippen molar-refractivity contribution < 1.29 is 19.2 Å². The molecule has 4 amide bonds. The van der Waals surface area contributed by atoms with Gasteiger partial charge < -0.3 is 31.2 Å². The molecule has 3 heterocycles. The number of likely N-dealkylation sites (tertiary alicyclic amines) is 1. The second kappa shape index (κ2) is 13.5. The Morgan fingerprint density at radius 2 is 1.60 bits per heavy atom. The van der Waals surface area contributed by atoms with E-state index < -0.39 is 0 Å². The summed E-state index contributed by atoms with van der Waals surface area (Å²) in [6.45, 7) is 9.17. The zero-order chi connectivity index (χ0) is 33.1. The zero-order valence-corrected chi connectivity index (χ0v) is 26.8. The van der Waals surface area contributed by atoms with Crippen LogP contribution in [0.5, 0.6) is 0 Å². The number of fused-ring (bicyclic) bond motifs is 1. The second-order valence-electron chi connectivity index (χ2n) is 12.0. The monoisotopic (exact) mass is 630 g/mol. The summed E-state index contributed by atoms with van der Waals surface area (Å²) in [6.07, 6.45) is 4.17. The molecule has 10 heteroatoms. The summed E-state index contributed by atoms with van der Waals surface area (Å²) in [6, 6.07) is 19.3. The van der Waals surface area contributed by atoms with Gasteiger partial charge in [-0.05, 0) is 100 Å². The van der Waals surface area contributed by atoms with Crippen LogP contribution >= 0.6 is 0 Å². The number of hydrogen-bond acceptors (Lipinski definition) is 5. The maximum absolute atomic E-state index is 13.3. The third-order valence-electron chi connectivity index (χ3n) is 8.75. The van der Waals surface area contributed by atoms with Crippen molar-refractivity contribution in [3.63, 3.8) is 0 Å². The SMILES string of the molecule is Cc1ccc(NC(=O)c2ccccc2)cc1NC(=O)c1ccc2c(c1)NC(=O)/C2=C\c1[nH]c(C)c(C(=O)NCCN2CCCC2)c1C. The number of rotatable bonds is 9. The van der Waals surface area contributed by atoms with Crippen LogP contribution in [0.3, 0.4) is 0 Å².